The van der Waals surface area contributed by atoms with Gasteiger partial charge >= 0.3 is 0 Å². The van der Waals surface area contributed by atoms with Gasteiger partial charge < -0.3 is 5.32 Å². The third-order valence-electron chi connectivity index (χ3n) is 3.19. The van der Waals surface area contributed by atoms with Crippen LogP contribution in [0.1, 0.15) is 17.0 Å². The van der Waals surface area contributed by atoms with Crippen molar-refractivity contribution in [1.29, 1.82) is 0 Å². The predicted molar refractivity (Wildman–Crippen MR) is 78.2 cm³/mol. The molecule has 0 radical (unpaired) electrons. The standard InChI is InChI=1S/C16H17ClFN/c1-19-11-14(13-5-3-2-4-6-13)9-12-7-8-16(18)15(17)10-12/h2-8,10,14,19H,9,11H2,1H3. The third kappa shape index (κ3) is 3.79. The van der Waals surface area contributed by atoms with E-state index in [4.69, 9.17) is 11.6 Å². The van der Waals surface area contributed by atoms with Gasteiger partial charge in [-0.1, -0.05) is 48.0 Å². The van der Waals surface area contributed by atoms with Crippen LogP contribution in [0, 0.1) is 5.82 Å². The van der Waals surface area contributed by atoms with E-state index in [2.05, 4.69) is 17.4 Å². The second-order valence-electron chi connectivity index (χ2n) is 4.62. The van der Waals surface area contributed by atoms with E-state index in [0.717, 1.165) is 18.5 Å². The number of hydrogen-bond donors (Lipinski definition) is 1. The molecule has 0 amide bonds. The summed E-state index contributed by atoms with van der Waals surface area (Å²) < 4.78 is 13.2. The van der Waals surface area contributed by atoms with E-state index in [-0.39, 0.29) is 10.8 Å². The average Bonchev–Trinajstić information content (AvgIpc) is 2.43. The van der Waals surface area contributed by atoms with Crippen molar-refractivity contribution in [1.82, 2.24) is 5.32 Å². The quantitative estimate of drug-likeness (QED) is 0.870. The van der Waals surface area contributed by atoms with Crippen LogP contribution in [0.5, 0.6) is 0 Å². The molecule has 0 spiro atoms. The molecule has 19 heavy (non-hydrogen) atoms. The molecular weight excluding hydrogens is 261 g/mol. The zero-order valence-corrected chi connectivity index (χ0v) is 11.6. The molecule has 0 fully saturated rings. The summed E-state index contributed by atoms with van der Waals surface area (Å²) in [6.07, 6.45) is 0.838. The molecule has 2 rings (SSSR count). The minimum absolute atomic E-state index is 0.189. The number of halogens is 2. The fraction of sp³-hybridized carbons (Fsp3) is 0.250. The number of rotatable bonds is 5. The molecule has 1 N–H and O–H groups in total. The van der Waals surface area contributed by atoms with Gasteiger partial charge in [-0.3, -0.25) is 0 Å². The first-order valence-electron chi connectivity index (χ1n) is 6.34. The molecule has 2 aromatic rings. The summed E-state index contributed by atoms with van der Waals surface area (Å²) in [5.74, 6) is -0.0111. The van der Waals surface area contributed by atoms with Gasteiger partial charge in [-0.2, -0.15) is 0 Å². The Hall–Kier alpha value is -1.38. The number of nitrogens with one attached hydrogen (secondary N) is 1. The van der Waals surface area contributed by atoms with Crippen LogP contribution in [0.2, 0.25) is 5.02 Å². The van der Waals surface area contributed by atoms with Crippen LogP contribution >= 0.6 is 11.6 Å². The Morgan fingerprint density at radius 2 is 1.89 bits per heavy atom. The number of likely N-dealkylation sites (N-methyl/N-ethyl adjacent to an activating group) is 1. The summed E-state index contributed by atoms with van der Waals surface area (Å²) in [4.78, 5) is 0. The summed E-state index contributed by atoms with van der Waals surface area (Å²) in [5.41, 5.74) is 2.33. The molecule has 0 aliphatic heterocycles. The lowest BCUT2D eigenvalue weighted by Crippen LogP contribution is -2.19. The second-order valence-corrected chi connectivity index (χ2v) is 5.03. The molecule has 0 heterocycles. The van der Waals surface area contributed by atoms with Crippen molar-refractivity contribution >= 4 is 11.6 Å². The number of hydrogen-bond acceptors (Lipinski definition) is 1. The lowest BCUT2D eigenvalue weighted by atomic mass is 9.92. The van der Waals surface area contributed by atoms with Crippen LogP contribution in [0.25, 0.3) is 0 Å². The molecule has 1 unspecified atom stereocenters. The molecule has 0 saturated carbocycles. The summed E-state index contributed by atoms with van der Waals surface area (Å²) in [6.45, 7) is 0.874. The summed E-state index contributed by atoms with van der Waals surface area (Å²) in [5, 5.41) is 3.39. The van der Waals surface area contributed by atoms with E-state index in [1.54, 1.807) is 12.1 Å². The van der Waals surface area contributed by atoms with Crippen LogP contribution in [0.3, 0.4) is 0 Å². The van der Waals surface area contributed by atoms with Gasteiger partial charge in [-0.25, -0.2) is 4.39 Å². The highest BCUT2D eigenvalue weighted by Gasteiger charge is 2.12. The minimum Gasteiger partial charge on any atom is -0.319 e. The lowest BCUT2D eigenvalue weighted by molar-refractivity contribution is 0.616. The average molecular weight is 278 g/mol. The van der Waals surface area contributed by atoms with Gasteiger partial charge in [0.1, 0.15) is 5.82 Å². The first kappa shape index (κ1) is 14.0. The van der Waals surface area contributed by atoms with Gasteiger partial charge in [-0.15, -0.1) is 0 Å². The second kappa shape index (κ2) is 6.69. The van der Waals surface area contributed by atoms with E-state index in [9.17, 15) is 4.39 Å². The fourth-order valence-electron chi connectivity index (χ4n) is 2.23. The largest absolute Gasteiger partial charge is 0.319 e. The fourth-order valence-corrected chi connectivity index (χ4v) is 2.43. The first-order valence-corrected chi connectivity index (χ1v) is 6.72. The maximum atomic E-state index is 13.2. The SMILES string of the molecule is CNCC(Cc1ccc(F)c(Cl)c1)c1ccccc1. The maximum Gasteiger partial charge on any atom is 0.141 e. The van der Waals surface area contributed by atoms with Crippen LogP contribution < -0.4 is 5.32 Å². The third-order valence-corrected chi connectivity index (χ3v) is 3.48. The van der Waals surface area contributed by atoms with Gasteiger partial charge in [0.2, 0.25) is 0 Å². The number of benzene rings is 2. The van der Waals surface area contributed by atoms with Gasteiger partial charge in [0, 0.05) is 12.5 Å². The van der Waals surface area contributed by atoms with Crippen molar-refractivity contribution < 1.29 is 4.39 Å². The van der Waals surface area contributed by atoms with Crippen molar-refractivity contribution in [3.05, 3.63) is 70.5 Å². The Morgan fingerprint density at radius 3 is 2.53 bits per heavy atom. The maximum absolute atomic E-state index is 13.2. The van der Waals surface area contributed by atoms with E-state index in [1.807, 2.05) is 25.2 Å². The Labute approximate surface area is 118 Å². The zero-order chi connectivity index (χ0) is 13.7. The van der Waals surface area contributed by atoms with Crippen molar-refractivity contribution in [3.63, 3.8) is 0 Å². The lowest BCUT2D eigenvalue weighted by Gasteiger charge is -2.17. The summed E-state index contributed by atoms with van der Waals surface area (Å²) in [6, 6.07) is 15.3. The topological polar surface area (TPSA) is 12.0 Å². The van der Waals surface area contributed by atoms with Crippen LogP contribution in [-0.4, -0.2) is 13.6 Å². The molecule has 0 saturated heterocycles. The molecule has 0 bridgehead atoms. The molecule has 1 atom stereocenters. The van der Waals surface area contributed by atoms with E-state index in [0.29, 0.717) is 5.92 Å². The van der Waals surface area contributed by atoms with Crippen LogP contribution in [-0.2, 0) is 6.42 Å². The molecule has 0 aliphatic rings. The van der Waals surface area contributed by atoms with Gasteiger partial charge in [-0.05, 0) is 36.7 Å². The highest BCUT2D eigenvalue weighted by Crippen LogP contribution is 2.23. The highest BCUT2D eigenvalue weighted by molar-refractivity contribution is 6.30. The van der Waals surface area contributed by atoms with Crippen molar-refractivity contribution in [3.8, 4) is 0 Å². The normalized spacial score (nSPS) is 12.4. The highest BCUT2D eigenvalue weighted by atomic mass is 35.5. The molecule has 100 valence electrons. The van der Waals surface area contributed by atoms with Crippen molar-refractivity contribution in [2.75, 3.05) is 13.6 Å². The minimum atomic E-state index is -0.365. The molecule has 3 heteroatoms. The Balaban J connectivity index is 2.19. The Morgan fingerprint density at radius 1 is 1.16 bits per heavy atom. The smallest absolute Gasteiger partial charge is 0.141 e. The van der Waals surface area contributed by atoms with Crippen molar-refractivity contribution in [2.24, 2.45) is 0 Å². The van der Waals surface area contributed by atoms with E-state index >= 15 is 0 Å². The summed E-state index contributed by atoms with van der Waals surface area (Å²) >= 11 is 5.83. The summed E-state index contributed by atoms with van der Waals surface area (Å²) in [7, 11) is 1.94. The molecule has 1 nitrogen and oxygen atoms in total. The van der Waals surface area contributed by atoms with Gasteiger partial charge in [0.15, 0.2) is 0 Å². The van der Waals surface area contributed by atoms with Crippen molar-refractivity contribution in [2.45, 2.75) is 12.3 Å². The molecule has 2 aromatic carbocycles. The Kier molecular flexibility index (Phi) is 4.94. The first-order chi connectivity index (χ1) is 9.20. The Bertz CT molecular complexity index is 528. The molecular formula is C16H17ClFN. The molecule has 0 aromatic heterocycles. The van der Waals surface area contributed by atoms with E-state index in [1.165, 1.54) is 11.6 Å². The molecule has 0 aliphatic carbocycles. The predicted octanol–water partition coefficient (Wildman–Crippen LogP) is 4.02. The van der Waals surface area contributed by atoms with Gasteiger partial charge in [0.25, 0.3) is 0 Å². The van der Waals surface area contributed by atoms with E-state index < -0.39 is 0 Å². The van der Waals surface area contributed by atoms with Crippen LogP contribution in [0.15, 0.2) is 48.5 Å². The monoisotopic (exact) mass is 277 g/mol. The zero-order valence-electron chi connectivity index (χ0n) is 10.9. The van der Waals surface area contributed by atoms with Gasteiger partial charge in [0.05, 0.1) is 5.02 Å². The van der Waals surface area contributed by atoms with Crippen LogP contribution in [0.4, 0.5) is 4.39 Å².